The fourth-order valence-electron chi connectivity index (χ4n) is 3.70. The maximum Gasteiger partial charge on any atom is 0.178 e. The molecule has 0 aromatic heterocycles. The summed E-state index contributed by atoms with van der Waals surface area (Å²) in [5.74, 6) is 3.41. The highest BCUT2D eigenvalue weighted by molar-refractivity contribution is 6.05. The van der Waals surface area contributed by atoms with Gasteiger partial charge in [-0.3, -0.25) is 4.79 Å². The number of allylic oxidation sites excluding steroid dienone is 2. The zero-order valence-electron chi connectivity index (χ0n) is 22.4. The third kappa shape index (κ3) is 6.97. The van der Waals surface area contributed by atoms with Crippen LogP contribution in [0.15, 0.2) is 60.7 Å². The molecule has 0 aliphatic carbocycles. The number of carbonyl (C=O) groups is 1. The highest BCUT2D eigenvalue weighted by atomic mass is 16.5. The Hall–Kier alpha value is -4.65. The van der Waals surface area contributed by atoms with E-state index in [2.05, 4.69) is 0 Å². The van der Waals surface area contributed by atoms with Crippen LogP contribution < -0.4 is 28.4 Å². The van der Waals surface area contributed by atoms with E-state index in [0.29, 0.717) is 34.3 Å². The fraction of sp³-hybridized carbons (Fsp3) is 0.194. The normalized spacial score (nSPS) is 11.2. The molecular weight excluding hydrogens is 484 g/mol. The molecule has 0 saturated heterocycles. The molecule has 0 radical (unpaired) electrons. The second kappa shape index (κ2) is 13.6. The Morgan fingerprint density at radius 1 is 0.526 bits per heavy atom. The molecule has 0 amide bonds. The standard InChI is InChI=1S/C31H32O7/c1-33-25-14-8-21(9-15-25)7-10-22-17-26(34-2)19-29(36-4)27(22)16-13-24(32)12-11-23-18-30(37-5)31(38-6)20-28(23)35-3/h7-20H,1-6H3/b10-7+,12-11+,16-13+. The predicted molar refractivity (Wildman–Crippen MR) is 151 cm³/mol. The topological polar surface area (TPSA) is 72.5 Å². The van der Waals surface area contributed by atoms with Gasteiger partial charge in [0.2, 0.25) is 0 Å². The minimum Gasteiger partial charge on any atom is -0.497 e. The van der Waals surface area contributed by atoms with Crippen molar-refractivity contribution in [3.05, 3.63) is 82.9 Å². The molecule has 198 valence electrons. The van der Waals surface area contributed by atoms with Crippen molar-refractivity contribution in [3.63, 3.8) is 0 Å². The Balaban J connectivity index is 1.91. The summed E-state index contributed by atoms with van der Waals surface area (Å²) in [4.78, 5) is 12.8. The maximum absolute atomic E-state index is 12.8. The van der Waals surface area contributed by atoms with Crippen molar-refractivity contribution >= 4 is 30.1 Å². The third-order valence-corrected chi connectivity index (χ3v) is 5.75. The van der Waals surface area contributed by atoms with Gasteiger partial charge in [0.05, 0.1) is 42.7 Å². The summed E-state index contributed by atoms with van der Waals surface area (Å²) in [6.07, 6.45) is 10.3. The average molecular weight is 517 g/mol. The second-order valence-corrected chi connectivity index (χ2v) is 7.96. The van der Waals surface area contributed by atoms with E-state index in [1.54, 1.807) is 73.0 Å². The van der Waals surface area contributed by atoms with Crippen LogP contribution >= 0.6 is 0 Å². The van der Waals surface area contributed by atoms with Gasteiger partial charge in [0, 0.05) is 23.3 Å². The summed E-state index contributed by atoms with van der Waals surface area (Å²) in [5.41, 5.74) is 3.23. The molecule has 3 aromatic rings. The van der Waals surface area contributed by atoms with Gasteiger partial charge in [0.25, 0.3) is 0 Å². The van der Waals surface area contributed by atoms with E-state index in [9.17, 15) is 4.79 Å². The molecule has 0 aliphatic heterocycles. The van der Waals surface area contributed by atoms with Crippen molar-refractivity contribution in [3.8, 4) is 34.5 Å². The number of hydrogen-bond acceptors (Lipinski definition) is 7. The second-order valence-electron chi connectivity index (χ2n) is 7.96. The van der Waals surface area contributed by atoms with Crippen LogP contribution in [0.2, 0.25) is 0 Å². The molecule has 0 aliphatic rings. The van der Waals surface area contributed by atoms with Gasteiger partial charge in [-0.05, 0) is 59.7 Å². The number of carbonyl (C=O) groups excluding carboxylic acids is 1. The Morgan fingerprint density at radius 2 is 1.13 bits per heavy atom. The summed E-state index contributed by atoms with van der Waals surface area (Å²) in [6.45, 7) is 0. The first kappa shape index (κ1) is 27.9. The van der Waals surface area contributed by atoms with Crippen LogP contribution in [0, 0.1) is 0 Å². The highest BCUT2D eigenvalue weighted by Gasteiger charge is 2.11. The SMILES string of the molecule is COc1ccc(/C=C/c2cc(OC)cc(OC)c2/C=C/C(=O)/C=C/c2cc(OC)c(OC)cc2OC)cc1. The van der Waals surface area contributed by atoms with E-state index in [1.165, 1.54) is 12.2 Å². The van der Waals surface area contributed by atoms with Gasteiger partial charge < -0.3 is 28.4 Å². The first-order chi connectivity index (χ1) is 18.5. The van der Waals surface area contributed by atoms with E-state index in [4.69, 9.17) is 28.4 Å². The number of ether oxygens (including phenoxy) is 6. The van der Waals surface area contributed by atoms with Crippen LogP contribution in [-0.2, 0) is 4.79 Å². The Labute approximate surface area is 223 Å². The zero-order valence-corrected chi connectivity index (χ0v) is 22.4. The minimum absolute atomic E-state index is 0.218. The van der Waals surface area contributed by atoms with Crippen molar-refractivity contribution < 1.29 is 33.2 Å². The van der Waals surface area contributed by atoms with Crippen LogP contribution in [0.4, 0.5) is 0 Å². The van der Waals surface area contributed by atoms with Crippen LogP contribution in [0.5, 0.6) is 34.5 Å². The van der Waals surface area contributed by atoms with Gasteiger partial charge in [-0.25, -0.2) is 0 Å². The van der Waals surface area contributed by atoms with Crippen molar-refractivity contribution in [1.82, 2.24) is 0 Å². The lowest BCUT2D eigenvalue weighted by atomic mass is 10.0. The van der Waals surface area contributed by atoms with E-state index in [-0.39, 0.29) is 5.78 Å². The summed E-state index contributed by atoms with van der Waals surface area (Å²) in [5, 5.41) is 0. The molecule has 0 saturated carbocycles. The summed E-state index contributed by atoms with van der Waals surface area (Å²) in [7, 11) is 9.46. The van der Waals surface area contributed by atoms with E-state index < -0.39 is 0 Å². The molecule has 0 spiro atoms. The molecule has 38 heavy (non-hydrogen) atoms. The molecule has 0 atom stereocenters. The molecule has 3 aromatic carbocycles. The molecule has 0 N–H and O–H groups in total. The van der Waals surface area contributed by atoms with E-state index >= 15 is 0 Å². The van der Waals surface area contributed by atoms with Crippen LogP contribution in [-0.4, -0.2) is 48.4 Å². The van der Waals surface area contributed by atoms with Gasteiger partial charge in [0.1, 0.15) is 23.0 Å². The van der Waals surface area contributed by atoms with Crippen molar-refractivity contribution in [1.29, 1.82) is 0 Å². The summed E-state index contributed by atoms with van der Waals surface area (Å²) < 4.78 is 32.4. The lowest BCUT2D eigenvalue weighted by molar-refractivity contribution is -0.110. The maximum atomic E-state index is 12.8. The minimum atomic E-state index is -0.218. The highest BCUT2D eigenvalue weighted by Crippen LogP contribution is 2.35. The van der Waals surface area contributed by atoms with Crippen LogP contribution in [0.3, 0.4) is 0 Å². The van der Waals surface area contributed by atoms with Gasteiger partial charge in [0.15, 0.2) is 17.3 Å². The number of methoxy groups -OCH3 is 6. The molecule has 3 rings (SSSR count). The van der Waals surface area contributed by atoms with Crippen LogP contribution in [0.1, 0.15) is 22.3 Å². The monoisotopic (exact) mass is 516 g/mol. The average Bonchev–Trinajstić information content (AvgIpc) is 2.97. The first-order valence-electron chi connectivity index (χ1n) is 11.7. The Morgan fingerprint density at radius 3 is 1.74 bits per heavy atom. The van der Waals surface area contributed by atoms with Gasteiger partial charge in [-0.2, -0.15) is 0 Å². The number of hydrogen-bond donors (Lipinski definition) is 0. The van der Waals surface area contributed by atoms with Crippen LogP contribution in [0.25, 0.3) is 24.3 Å². The van der Waals surface area contributed by atoms with Gasteiger partial charge >= 0.3 is 0 Å². The zero-order chi connectivity index (χ0) is 27.5. The van der Waals surface area contributed by atoms with Crippen molar-refractivity contribution in [2.45, 2.75) is 0 Å². The van der Waals surface area contributed by atoms with E-state index in [1.807, 2.05) is 42.5 Å². The quantitative estimate of drug-likeness (QED) is 0.209. The van der Waals surface area contributed by atoms with Gasteiger partial charge in [-0.1, -0.05) is 24.3 Å². The summed E-state index contributed by atoms with van der Waals surface area (Å²) in [6, 6.07) is 14.8. The molecule has 0 bridgehead atoms. The Bertz CT molecular complexity index is 1340. The molecule has 0 heterocycles. The first-order valence-corrected chi connectivity index (χ1v) is 11.7. The van der Waals surface area contributed by atoms with E-state index in [0.717, 1.165) is 22.4 Å². The Kier molecular flexibility index (Phi) is 10.00. The molecular formula is C31H32O7. The summed E-state index contributed by atoms with van der Waals surface area (Å²) >= 11 is 0. The molecule has 7 heteroatoms. The number of rotatable bonds is 12. The lowest BCUT2D eigenvalue weighted by Gasteiger charge is -2.12. The third-order valence-electron chi connectivity index (χ3n) is 5.75. The molecule has 0 fully saturated rings. The van der Waals surface area contributed by atoms with Crippen molar-refractivity contribution in [2.75, 3.05) is 42.7 Å². The van der Waals surface area contributed by atoms with Gasteiger partial charge in [-0.15, -0.1) is 0 Å². The smallest absolute Gasteiger partial charge is 0.178 e. The largest absolute Gasteiger partial charge is 0.497 e. The predicted octanol–water partition coefficient (Wildman–Crippen LogP) is 6.20. The number of ketones is 1. The molecule has 7 nitrogen and oxygen atoms in total. The lowest BCUT2D eigenvalue weighted by Crippen LogP contribution is -1.95. The fourth-order valence-corrected chi connectivity index (χ4v) is 3.70. The molecule has 0 unspecified atom stereocenters. The number of benzene rings is 3. The van der Waals surface area contributed by atoms with Crippen molar-refractivity contribution in [2.24, 2.45) is 0 Å².